The molecule has 1 aromatic carbocycles. The smallest absolute Gasteiger partial charge is 0.125 e. The van der Waals surface area contributed by atoms with Crippen LogP contribution in [0.25, 0.3) is 5.57 Å². The Morgan fingerprint density at radius 1 is 1.11 bits per heavy atom. The molecule has 5 N–H and O–H groups in total. The van der Waals surface area contributed by atoms with Gasteiger partial charge in [-0.25, -0.2) is 14.8 Å². The molecule has 2 saturated carbocycles. The molecule has 0 radical (unpaired) electrons. The van der Waals surface area contributed by atoms with E-state index in [0.717, 1.165) is 80.7 Å². The van der Waals surface area contributed by atoms with Crippen molar-refractivity contribution in [2.75, 3.05) is 13.1 Å². The van der Waals surface area contributed by atoms with Crippen molar-refractivity contribution in [1.29, 1.82) is 0 Å². The number of imidazole rings is 1. The van der Waals surface area contributed by atoms with Gasteiger partial charge in [-0.1, -0.05) is 19.1 Å². The fraction of sp³-hybridized carbons (Fsp3) is 0.607. The highest BCUT2D eigenvalue weighted by molar-refractivity contribution is 5.66. The third-order valence-corrected chi connectivity index (χ3v) is 9.10. The van der Waals surface area contributed by atoms with Crippen LogP contribution in [0.4, 0.5) is 4.39 Å². The van der Waals surface area contributed by atoms with Gasteiger partial charge in [0.15, 0.2) is 0 Å². The Morgan fingerprint density at radius 2 is 1.94 bits per heavy atom. The fourth-order valence-corrected chi connectivity index (χ4v) is 7.04. The number of benzene rings is 1. The summed E-state index contributed by atoms with van der Waals surface area (Å²) in [7, 11) is 0. The van der Waals surface area contributed by atoms with Crippen LogP contribution in [-0.4, -0.2) is 62.5 Å². The topological polar surface area (TPSA) is 96.4 Å². The molecule has 5 atom stereocenters. The van der Waals surface area contributed by atoms with Crippen LogP contribution in [0.3, 0.4) is 0 Å². The third kappa shape index (κ3) is 4.38. The summed E-state index contributed by atoms with van der Waals surface area (Å²) in [6, 6.07) is 5.58. The molecule has 2 aromatic rings. The van der Waals surface area contributed by atoms with E-state index in [1.807, 2.05) is 12.3 Å². The van der Waals surface area contributed by atoms with Crippen LogP contribution < -0.4 is 10.9 Å². The highest BCUT2D eigenvalue weighted by Crippen LogP contribution is 2.45. The number of phenols is 1. The minimum absolute atomic E-state index is 0.0497. The number of aromatic amines is 1. The van der Waals surface area contributed by atoms with Gasteiger partial charge in [-0.15, -0.1) is 0 Å². The van der Waals surface area contributed by atoms with Gasteiger partial charge in [-0.3, -0.25) is 10.3 Å². The number of aromatic nitrogens is 2. The van der Waals surface area contributed by atoms with Gasteiger partial charge >= 0.3 is 0 Å². The summed E-state index contributed by atoms with van der Waals surface area (Å²) in [5, 5.41) is 19.7. The van der Waals surface area contributed by atoms with Crippen molar-refractivity contribution in [1.82, 2.24) is 25.7 Å². The highest BCUT2D eigenvalue weighted by atomic mass is 19.1. The SMILES string of the molecule is CCc1cc(O)ccc1C1CCC2C(c3ncc(C4=CCN(C5CCC(O)CC5)C4)[nH]3)NNC2C1F. The number of aliphatic hydroxyl groups excluding tert-OH is 1. The summed E-state index contributed by atoms with van der Waals surface area (Å²) in [6.07, 6.45) is 9.47. The first-order valence-corrected chi connectivity index (χ1v) is 13.6. The van der Waals surface area contributed by atoms with Gasteiger partial charge in [0, 0.05) is 31.0 Å². The number of nitrogens with zero attached hydrogens (tertiary/aromatic N) is 2. The molecule has 6 rings (SSSR count). The predicted molar refractivity (Wildman–Crippen MR) is 137 cm³/mol. The number of halogens is 1. The Kier molecular flexibility index (Phi) is 6.62. The molecule has 1 aromatic heterocycles. The molecule has 0 bridgehead atoms. The van der Waals surface area contributed by atoms with Gasteiger partial charge in [-0.05, 0) is 73.8 Å². The number of fused-ring (bicyclic) bond motifs is 1. The molecule has 3 heterocycles. The van der Waals surface area contributed by atoms with Crippen LogP contribution in [0.15, 0.2) is 30.5 Å². The fourth-order valence-electron chi connectivity index (χ4n) is 7.04. The van der Waals surface area contributed by atoms with Gasteiger partial charge in [0.25, 0.3) is 0 Å². The van der Waals surface area contributed by atoms with Crippen molar-refractivity contribution < 1.29 is 14.6 Å². The summed E-state index contributed by atoms with van der Waals surface area (Å²) in [5.41, 5.74) is 11.0. The molecular formula is C28H38FN5O2. The zero-order valence-corrected chi connectivity index (χ0v) is 21.0. The third-order valence-electron chi connectivity index (χ3n) is 9.10. The van der Waals surface area contributed by atoms with Crippen LogP contribution in [0.5, 0.6) is 5.75 Å². The molecule has 7 nitrogen and oxygen atoms in total. The number of hydrogen-bond donors (Lipinski definition) is 5. The zero-order valence-electron chi connectivity index (χ0n) is 21.0. The Morgan fingerprint density at radius 3 is 2.75 bits per heavy atom. The van der Waals surface area contributed by atoms with E-state index in [4.69, 9.17) is 4.98 Å². The normalized spacial score (nSPS) is 35.1. The highest BCUT2D eigenvalue weighted by Gasteiger charge is 2.48. The van der Waals surface area contributed by atoms with Gasteiger partial charge in [0.05, 0.1) is 30.1 Å². The van der Waals surface area contributed by atoms with Crippen molar-refractivity contribution in [2.24, 2.45) is 5.92 Å². The minimum Gasteiger partial charge on any atom is -0.508 e. The largest absolute Gasteiger partial charge is 0.508 e. The number of aliphatic hydroxyl groups is 1. The van der Waals surface area contributed by atoms with Crippen LogP contribution in [0, 0.1) is 5.92 Å². The van der Waals surface area contributed by atoms with Gasteiger partial charge < -0.3 is 15.2 Å². The molecule has 0 amide bonds. The lowest BCUT2D eigenvalue weighted by molar-refractivity contribution is 0.0859. The molecular weight excluding hydrogens is 457 g/mol. The van der Waals surface area contributed by atoms with E-state index in [-0.39, 0.29) is 35.8 Å². The number of aromatic hydroxyl groups is 1. The average molecular weight is 496 g/mol. The molecule has 0 spiro atoms. The summed E-state index contributed by atoms with van der Waals surface area (Å²) in [5.74, 6) is 1.07. The van der Waals surface area contributed by atoms with Crippen LogP contribution in [0.2, 0.25) is 0 Å². The molecule has 8 heteroatoms. The lowest BCUT2D eigenvalue weighted by Gasteiger charge is -2.36. The number of nitrogens with one attached hydrogen (secondary N) is 3. The lowest BCUT2D eigenvalue weighted by atomic mass is 9.71. The molecule has 36 heavy (non-hydrogen) atoms. The molecule has 3 fully saturated rings. The van der Waals surface area contributed by atoms with Crippen LogP contribution in [-0.2, 0) is 6.42 Å². The van der Waals surface area contributed by atoms with E-state index in [1.165, 1.54) is 5.57 Å². The second-order valence-electron chi connectivity index (χ2n) is 11.1. The Labute approximate surface area is 212 Å². The average Bonchev–Trinajstić information content (AvgIpc) is 3.64. The van der Waals surface area contributed by atoms with E-state index in [9.17, 15) is 10.2 Å². The number of alkyl halides is 1. The number of phenolic OH excluding ortho intramolecular Hbond substituents is 1. The second kappa shape index (κ2) is 9.89. The van der Waals surface area contributed by atoms with Gasteiger partial charge in [0.2, 0.25) is 0 Å². The van der Waals surface area contributed by atoms with Crippen molar-refractivity contribution in [3.63, 3.8) is 0 Å². The number of hydrazine groups is 1. The molecule has 194 valence electrons. The second-order valence-corrected chi connectivity index (χ2v) is 11.1. The van der Waals surface area contributed by atoms with Crippen LogP contribution in [0.1, 0.15) is 80.1 Å². The molecule has 1 saturated heterocycles. The monoisotopic (exact) mass is 495 g/mol. The van der Waals surface area contributed by atoms with Crippen LogP contribution >= 0.6 is 0 Å². The molecule has 2 aliphatic carbocycles. The summed E-state index contributed by atoms with van der Waals surface area (Å²) >= 11 is 0. The Balaban J connectivity index is 1.12. The molecule has 4 aliphatic rings. The first-order valence-electron chi connectivity index (χ1n) is 13.6. The van der Waals surface area contributed by atoms with Gasteiger partial charge in [0.1, 0.15) is 17.7 Å². The maximum atomic E-state index is 15.9. The number of rotatable bonds is 5. The first-order chi connectivity index (χ1) is 17.5. The number of hydrogen-bond acceptors (Lipinski definition) is 6. The number of aryl methyl sites for hydroxylation is 1. The zero-order chi connectivity index (χ0) is 24.8. The number of H-pyrrole nitrogens is 1. The maximum absolute atomic E-state index is 15.9. The standard InChI is InChI=1S/C28H38FN5O2/c1-2-16-13-20(36)7-8-21(16)22-9-10-23-26(25(22)29)32-33-27(23)28-30-14-24(31-28)17-11-12-34(15-17)18-3-5-19(35)6-4-18/h7-8,11,13-14,18-19,22-23,25-27,32-33,35-36H,2-6,9-10,12,15H2,1H3,(H,30,31). The Bertz CT molecular complexity index is 1110. The first kappa shape index (κ1) is 24.1. The van der Waals surface area contributed by atoms with Crippen molar-refractivity contribution in [2.45, 2.75) is 88.2 Å². The quantitative estimate of drug-likeness (QED) is 0.434. The summed E-state index contributed by atoms with van der Waals surface area (Å²) in [4.78, 5) is 10.8. The summed E-state index contributed by atoms with van der Waals surface area (Å²) in [6.45, 7) is 3.90. The van der Waals surface area contributed by atoms with E-state index in [0.29, 0.717) is 6.04 Å². The molecule has 2 aliphatic heterocycles. The molecule has 5 unspecified atom stereocenters. The minimum atomic E-state index is -1.01. The van der Waals surface area contributed by atoms with E-state index in [1.54, 1.807) is 12.1 Å². The van der Waals surface area contributed by atoms with Crippen molar-refractivity contribution >= 4 is 5.57 Å². The van der Waals surface area contributed by atoms with E-state index in [2.05, 4.69) is 33.7 Å². The van der Waals surface area contributed by atoms with Crippen molar-refractivity contribution in [3.05, 3.63) is 53.1 Å². The lowest BCUT2D eigenvalue weighted by Crippen LogP contribution is -2.45. The van der Waals surface area contributed by atoms with Gasteiger partial charge in [-0.2, -0.15) is 0 Å². The predicted octanol–water partition coefficient (Wildman–Crippen LogP) is 3.73. The maximum Gasteiger partial charge on any atom is 0.125 e. The Hall–Kier alpha value is -2.26. The van der Waals surface area contributed by atoms with E-state index < -0.39 is 6.17 Å². The van der Waals surface area contributed by atoms with Crippen molar-refractivity contribution in [3.8, 4) is 5.75 Å². The van der Waals surface area contributed by atoms with E-state index >= 15 is 4.39 Å². The summed E-state index contributed by atoms with van der Waals surface area (Å²) < 4.78 is 15.9.